The van der Waals surface area contributed by atoms with Gasteiger partial charge >= 0.3 is 11.9 Å². The molecule has 0 aromatic heterocycles. The first kappa shape index (κ1) is 18.0. The minimum Gasteiger partial charge on any atom is -0.494 e. The van der Waals surface area contributed by atoms with E-state index < -0.39 is 17.9 Å². The van der Waals surface area contributed by atoms with Crippen molar-refractivity contribution in [2.75, 3.05) is 6.61 Å². The van der Waals surface area contributed by atoms with E-state index in [1.54, 1.807) is 0 Å². The van der Waals surface area contributed by atoms with Gasteiger partial charge in [0.15, 0.2) is 5.92 Å². The molecular weight excluding hydrogens is 284 g/mol. The van der Waals surface area contributed by atoms with Gasteiger partial charge in [0.05, 0.1) is 6.61 Å². The van der Waals surface area contributed by atoms with Gasteiger partial charge in [0.1, 0.15) is 5.75 Å². The summed E-state index contributed by atoms with van der Waals surface area (Å²) in [5.41, 5.74) is 0. The Kier molecular flexibility index (Phi) is 8.72. The van der Waals surface area contributed by atoms with Gasteiger partial charge < -0.3 is 14.9 Å². The Morgan fingerprint density at radius 3 is 2.00 bits per heavy atom. The topological polar surface area (TPSA) is 83.8 Å². The molecule has 0 spiro atoms. The number of rotatable bonds is 12. The van der Waals surface area contributed by atoms with Crippen LogP contribution in [0.2, 0.25) is 0 Å². The van der Waals surface area contributed by atoms with Gasteiger partial charge in [-0.1, -0.05) is 50.3 Å². The summed E-state index contributed by atoms with van der Waals surface area (Å²) >= 11 is 0. The molecule has 0 saturated heterocycles. The van der Waals surface area contributed by atoms with Crippen molar-refractivity contribution in [3.8, 4) is 5.75 Å². The van der Waals surface area contributed by atoms with Gasteiger partial charge in [-0.2, -0.15) is 0 Å². The lowest BCUT2D eigenvalue weighted by molar-refractivity contribution is -0.154. The number of benzene rings is 1. The summed E-state index contributed by atoms with van der Waals surface area (Å²) in [6.07, 6.45) is 5.83. The minimum atomic E-state index is -1.26. The van der Waals surface area contributed by atoms with Crippen molar-refractivity contribution in [2.45, 2.75) is 44.9 Å². The Balaban J connectivity index is 1.95. The number of unbranched alkanes of at least 4 members (excludes halogenated alkanes) is 5. The predicted molar refractivity (Wildman–Crippen MR) is 83.0 cm³/mol. The number of carboxylic acids is 2. The fraction of sp³-hybridized carbons (Fsp3) is 0.529. The average Bonchev–Trinajstić information content (AvgIpc) is 2.49. The number of ether oxygens (including phenoxy) is 1. The lowest BCUT2D eigenvalue weighted by Crippen LogP contribution is -2.23. The third-order valence-electron chi connectivity index (χ3n) is 3.50. The molecule has 1 aromatic carbocycles. The second kappa shape index (κ2) is 10.7. The second-order valence-corrected chi connectivity index (χ2v) is 5.30. The zero-order valence-electron chi connectivity index (χ0n) is 12.7. The Bertz CT molecular complexity index is 430. The van der Waals surface area contributed by atoms with E-state index in [-0.39, 0.29) is 6.42 Å². The summed E-state index contributed by atoms with van der Waals surface area (Å²) in [7, 11) is 0. The van der Waals surface area contributed by atoms with Crippen LogP contribution in [0.25, 0.3) is 0 Å². The van der Waals surface area contributed by atoms with Gasteiger partial charge in [-0.3, -0.25) is 9.59 Å². The van der Waals surface area contributed by atoms with Crippen molar-refractivity contribution in [3.63, 3.8) is 0 Å². The third-order valence-corrected chi connectivity index (χ3v) is 3.50. The number of hydrogen-bond donors (Lipinski definition) is 2. The van der Waals surface area contributed by atoms with Crippen molar-refractivity contribution in [3.05, 3.63) is 30.3 Å². The van der Waals surface area contributed by atoms with Crippen LogP contribution >= 0.6 is 0 Å². The van der Waals surface area contributed by atoms with Crippen LogP contribution < -0.4 is 4.74 Å². The molecule has 0 fully saturated rings. The van der Waals surface area contributed by atoms with Crippen molar-refractivity contribution < 1.29 is 24.5 Å². The maximum Gasteiger partial charge on any atom is 0.317 e. The standard InChI is InChI=1S/C17H24O5/c18-16(19)15(17(20)21)12-8-3-1-2-4-9-13-22-14-10-6-5-7-11-14/h5-7,10-11,15H,1-4,8-9,12-13H2,(H,18,19)(H,20,21). The van der Waals surface area contributed by atoms with Gasteiger partial charge in [0.2, 0.25) is 0 Å². The molecule has 0 aliphatic heterocycles. The number of carbonyl (C=O) groups is 2. The van der Waals surface area contributed by atoms with Crippen molar-refractivity contribution in [1.82, 2.24) is 0 Å². The quantitative estimate of drug-likeness (QED) is 0.455. The molecule has 0 aliphatic carbocycles. The molecule has 2 N–H and O–H groups in total. The minimum absolute atomic E-state index is 0.210. The van der Waals surface area contributed by atoms with E-state index in [0.717, 1.165) is 37.9 Å². The largest absolute Gasteiger partial charge is 0.494 e. The maximum atomic E-state index is 10.7. The fourth-order valence-electron chi connectivity index (χ4n) is 2.22. The first-order valence-electron chi connectivity index (χ1n) is 7.74. The van der Waals surface area contributed by atoms with E-state index in [0.29, 0.717) is 13.0 Å². The smallest absolute Gasteiger partial charge is 0.317 e. The Hall–Kier alpha value is -2.04. The summed E-state index contributed by atoms with van der Waals surface area (Å²) in [6, 6.07) is 9.70. The molecular formula is C17H24O5. The predicted octanol–water partition coefficient (Wildman–Crippen LogP) is 3.58. The number of para-hydroxylation sites is 1. The molecule has 1 rings (SSSR count). The zero-order valence-corrected chi connectivity index (χ0v) is 12.7. The van der Waals surface area contributed by atoms with Gasteiger partial charge in [0.25, 0.3) is 0 Å². The van der Waals surface area contributed by atoms with Gasteiger partial charge in [0, 0.05) is 0 Å². The molecule has 1 aromatic rings. The summed E-state index contributed by atoms with van der Waals surface area (Å²) in [4.78, 5) is 21.4. The van der Waals surface area contributed by atoms with Crippen LogP contribution in [0.15, 0.2) is 30.3 Å². The molecule has 0 aliphatic rings. The van der Waals surface area contributed by atoms with E-state index in [9.17, 15) is 9.59 Å². The highest BCUT2D eigenvalue weighted by molar-refractivity contribution is 5.92. The van der Waals surface area contributed by atoms with E-state index in [1.807, 2.05) is 30.3 Å². The molecule has 0 atom stereocenters. The lowest BCUT2D eigenvalue weighted by atomic mass is 10.0. The highest BCUT2D eigenvalue weighted by Gasteiger charge is 2.24. The molecule has 5 heteroatoms. The van der Waals surface area contributed by atoms with Crippen LogP contribution in [0.1, 0.15) is 44.9 Å². The molecule has 0 unspecified atom stereocenters. The lowest BCUT2D eigenvalue weighted by Gasteiger charge is -2.07. The third kappa shape index (κ3) is 7.67. The fourth-order valence-corrected chi connectivity index (χ4v) is 2.22. The monoisotopic (exact) mass is 308 g/mol. The molecule has 0 saturated carbocycles. The van der Waals surface area contributed by atoms with Crippen LogP contribution in [0.4, 0.5) is 0 Å². The Morgan fingerprint density at radius 2 is 1.41 bits per heavy atom. The number of hydrogen-bond acceptors (Lipinski definition) is 3. The number of carboxylic acid groups (broad SMARTS) is 2. The van der Waals surface area contributed by atoms with Crippen molar-refractivity contribution in [2.24, 2.45) is 5.92 Å². The maximum absolute atomic E-state index is 10.7. The van der Waals surface area contributed by atoms with E-state index in [2.05, 4.69) is 0 Å². The number of aliphatic carboxylic acids is 2. The first-order valence-corrected chi connectivity index (χ1v) is 7.74. The molecule has 122 valence electrons. The second-order valence-electron chi connectivity index (χ2n) is 5.30. The molecule has 0 bridgehead atoms. The normalized spacial score (nSPS) is 10.6. The van der Waals surface area contributed by atoms with Crippen LogP contribution in [-0.4, -0.2) is 28.8 Å². The molecule has 0 heterocycles. The van der Waals surface area contributed by atoms with Gasteiger partial charge in [-0.25, -0.2) is 0 Å². The highest BCUT2D eigenvalue weighted by atomic mass is 16.5. The summed E-state index contributed by atoms with van der Waals surface area (Å²) < 4.78 is 5.59. The van der Waals surface area contributed by atoms with Crippen molar-refractivity contribution in [1.29, 1.82) is 0 Å². The van der Waals surface area contributed by atoms with Gasteiger partial charge in [-0.15, -0.1) is 0 Å². The Labute approximate surface area is 130 Å². The SMILES string of the molecule is O=C(O)C(CCCCCCCCOc1ccccc1)C(=O)O. The summed E-state index contributed by atoms with van der Waals surface area (Å²) in [6.45, 7) is 0.699. The van der Waals surface area contributed by atoms with Gasteiger partial charge in [-0.05, 0) is 25.0 Å². The van der Waals surface area contributed by atoms with Crippen LogP contribution in [0, 0.1) is 5.92 Å². The van der Waals surface area contributed by atoms with Crippen LogP contribution in [-0.2, 0) is 9.59 Å². The van der Waals surface area contributed by atoms with Crippen LogP contribution in [0.5, 0.6) is 5.75 Å². The molecule has 5 nitrogen and oxygen atoms in total. The van der Waals surface area contributed by atoms with E-state index in [1.165, 1.54) is 0 Å². The first-order chi connectivity index (χ1) is 10.6. The molecule has 0 radical (unpaired) electrons. The highest BCUT2D eigenvalue weighted by Crippen LogP contribution is 2.14. The van der Waals surface area contributed by atoms with E-state index >= 15 is 0 Å². The van der Waals surface area contributed by atoms with Crippen LogP contribution in [0.3, 0.4) is 0 Å². The average molecular weight is 308 g/mol. The Morgan fingerprint density at radius 1 is 0.864 bits per heavy atom. The molecule has 0 amide bonds. The summed E-state index contributed by atoms with van der Waals surface area (Å²) in [5, 5.41) is 17.5. The van der Waals surface area contributed by atoms with E-state index in [4.69, 9.17) is 14.9 Å². The molecule has 22 heavy (non-hydrogen) atoms. The zero-order chi connectivity index (χ0) is 16.2. The summed E-state index contributed by atoms with van der Waals surface area (Å²) in [5.74, 6) is -2.87. The van der Waals surface area contributed by atoms with Crippen molar-refractivity contribution >= 4 is 11.9 Å².